The fourth-order valence-corrected chi connectivity index (χ4v) is 3.32. The Labute approximate surface area is 236 Å². The van der Waals surface area contributed by atoms with Crippen molar-refractivity contribution >= 4 is 35.6 Å². The second-order valence-corrected chi connectivity index (χ2v) is 8.72. The minimum Gasteiger partial charge on any atom is -0.490 e. The van der Waals surface area contributed by atoms with E-state index in [-0.39, 0.29) is 11.8 Å². The van der Waals surface area contributed by atoms with Crippen molar-refractivity contribution in [3.8, 4) is 5.75 Å². The average Bonchev–Trinajstić information content (AvgIpc) is 2.97. The summed E-state index contributed by atoms with van der Waals surface area (Å²) >= 11 is 0. The molecule has 0 fully saturated rings. The molecule has 0 aliphatic rings. The lowest BCUT2D eigenvalue weighted by atomic mass is 10.1. The van der Waals surface area contributed by atoms with Gasteiger partial charge in [-0.1, -0.05) is 26.5 Å². The third-order valence-corrected chi connectivity index (χ3v) is 5.37. The Morgan fingerprint density at radius 2 is 1.15 bits per heavy atom. The zero-order valence-electron chi connectivity index (χ0n) is 24.0. The third-order valence-electron chi connectivity index (χ3n) is 5.37. The van der Waals surface area contributed by atoms with E-state index in [4.69, 9.17) is 4.74 Å². The summed E-state index contributed by atoms with van der Waals surface area (Å²) in [5.74, 6) is -0.0889. The van der Waals surface area contributed by atoms with Crippen LogP contribution < -0.4 is 25.4 Å². The first-order valence-corrected chi connectivity index (χ1v) is 12.9. The van der Waals surface area contributed by atoms with Gasteiger partial charge < -0.3 is 14.5 Å². The number of rotatable bonds is 11. The zero-order valence-corrected chi connectivity index (χ0v) is 24.0. The van der Waals surface area contributed by atoms with Gasteiger partial charge in [0.15, 0.2) is 0 Å². The maximum Gasteiger partial charge on any atom is 0.271 e. The summed E-state index contributed by atoms with van der Waals surface area (Å²) < 4.78 is 5.67. The predicted octanol–water partition coefficient (Wildman–Crippen LogP) is 4.94. The summed E-state index contributed by atoms with van der Waals surface area (Å²) in [6, 6.07) is 19.7. The lowest BCUT2D eigenvalue weighted by molar-refractivity contribution is 0.0947. The summed E-state index contributed by atoms with van der Waals surface area (Å²) in [5, 5.41) is 8.15. The van der Waals surface area contributed by atoms with Gasteiger partial charge in [-0.15, -0.1) is 0 Å². The molecule has 9 nitrogen and oxygen atoms in total. The van der Waals surface area contributed by atoms with E-state index in [2.05, 4.69) is 27.6 Å². The number of carbonyl (C=O) groups is 2. The topological polar surface area (TPSA) is 98.6 Å². The molecule has 3 aromatic carbocycles. The fraction of sp³-hybridized carbons (Fsp3) is 0.226. The number of ether oxygens (including phenoxy) is 1. The first-order chi connectivity index (χ1) is 19.3. The molecule has 9 heteroatoms. The molecule has 40 heavy (non-hydrogen) atoms. The van der Waals surface area contributed by atoms with Crippen LogP contribution in [0.1, 0.15) is 45.7 Å². The lowest BCUT2D eigenvalue weighted by Crippen LogP contribution is -2.18. The number of amides is 2. The molecule has 0 saturated heterocycles. The SMILES string of the molecule is C=CCOc1cc(/C=N/NC(=O)c2ccc(N(C)C)cc2)cc(/C=N/NC(=O)c2ccc(N(C)C)cc2)c1.CC. The molecule has 0 bridgehead atoms. The van der Waals surface area contributed by atoms with Gasteiger partial charge in [0.25, 0.3) is 11.8 Å². The molecule has 0 saturated carbocycles. The molecular formula is C31H38N6O3. The highest BCUT2D eigenvalue weighted by Gasteiger charge is 2.06. The zero-order chi connectivity index (χ0) is 29.5. The van der Waals surface area contributed by atoms with Gasteiger partial charge in [0, 0.05) is 50.7 Å². The van der Waals surface area contributed by atoms with E-state index in [0.29, 0.717) is 34.6 Å². The number of nitrogens with zero attached hydrogens (tertiary/aromatic N) is 4. The molecule has 0 radical (unpaired) electrons. The maximum absolute atomic E-state index is 12.4. The van der Waals surface area contributed by atoms with Crippen LogP contribution in [0.3, 0.4) is 0 Å². The molecule has 0 aliphatic carbocycles. The first kappa shape index (κ1) is 31.3. The maximum atomic E-state index is 12.4. The van der Waals surface area contributed by atoms with Crippen molar-refractivity contribution in [3.05, 3.63) is 102 Å². The summed E-state index contributed by atoms with van der Waals surface area (Å²) in [4.78, 5) is 28.8. The van der Waals surface area contributed by atoms with Crippen LogP contribution in [0.2, 0.25) is 0 Å². The largest absolute Gasteiger partial charge is 0.490 e. The van der Waals surface area contributed by atoms with Crippen molar-refractivity contribution in [3.63, 3.8) is 0 Å². The van der Waals surface area contributed by atoms with Gasteiger partial charge in [-0.2, -0.15) is 10.2 Å². The highest BCUT2D eigenvalue weighted by atomic mass is 16.5. The molecule has 0 unspecified atom stereocenters. The van der Waals surface area contributed by atoms with Crippen LogP contribution in [-0.4, -0.2) is 59.0 Å². The van der Waals surface area contributed by atoms with Gasteiger partial charge >= 0.3 is 0 Å². The molecule has 0 atom stereocenters. The van der Waals surface area contributed by atoms with Crippen LogP contribution in [0.4, 0.5) is 11.4 Å². The summed E-state index contributed by atoms with van der Waals surface area (Å²) in [7, 11) is 7.73. The Hall–Kier alpha value is -4.92. The number of benzene rings is 3. The van der Waals surface area contributed by atoms with Crippen molar-refractivity contribution in [2.24, 2.45) is 10.2 Å². The Bertz CT molecular complexity index is 1220. The van der Waals surface area contributed by atoms with Crippen LogP contribution in [0.25, 0.3) is 0 Å². The number of hydrazone groups is 2. The molecule has 0 aromatic heterocycles. The minimum atomic E-state index is -0.325. The second-order valence-electron chi connectivity index (χ2n) is 8.72. The van der Waals surface area contributed by atoms with E-state index in [1.807, 2.05) is 76.1 Å². The average molecular weight is 543 g/mol. The van der Waals surface area contributed by atoms with E-state index >= 15 is 0 Å². The van der Waals surface area contributed by atoms with E-state index in [1.54, 1.807) is 48.5 Å². The Kier molecular flexibility index (Phi) is 12.6. The second kappa shape index (κ2) is 16.1. The van der Waals surface area contributed by atoms with Crippen LogP contribution in [-0.2, 0) is 0 Å². The molecule has 2 amide bonds. The molecule has 3 rings (SSSR count). The smallest absolute Gasteiger partial charge is 0.271 e. The van der Waals surface area contributed by atoms with Crippen LogP contribution in [0.5, 0.6) is 5.75 Å². The van der Waals surface area contributed by atoms with Crippen molar-refractivity contribution in [2.75, 3.05) is 44.6 Å². The number of hydrogen-bond acceptors (Lipinski definition) is 7. The highest BCUT2D eigenvalue weighted by molar-refractivity contribution is 5.96. The van der Waals surface area contributed by atoms with E-state index in [9.17, 15) is 9.59 Å². The summed E-state index contributed by atoms with van der Waals surface area (Å²) in [6.45, 7) is 7.98. The van der Waals surface area contributed by atoms with E-state index in [0.717, 1.165) is 11.4 Å². The van der Waals surface area contributed by atoms with Gasteiger partial charge in [-0.25, -0.2) is 10.9 Å². The molecule has 2 N–H and O–H groups in total. The molecule has 0 heterocycles. The van der Waals surface area contributed by atoms with Crippen LogP contribution in [0, 0.1) is 0 Å². The minimum absolute atomic E-state index is 0.316. The molecule has 0 aliphatic heterocycles. The monoisotopic (exact) mass is 542 g/mol. The first-order valence-electron chi connectivity index (χ1n) is 12.9. The standard InChI is InChI=1S/C29H32N6O3.C2H6/c1-6-15-38-27-17-21(19-30-32-28(36)23-7-11-25(12-8-23)34(2)3)16-22(18-27)20-31-33-29(37)24-9-13-26(14-10-24)35(4)5;1-2/h6-14,16-20H,1,15H2,2-5H3,(H,32,36)(H,33,37);1-2H3/b30-19+,31-20+;. The van der Waals surface area contributed by atoms with Crippen molar-refractivity contribution in [1.82, 2.24) is 10.9 Å². The normalized spacial score (nSPS) is 10.4. The van der Waals surface area contributed by atoms with Crippen molar-refractivity contribution in [1.29, 1.82) is 0 Å². The molecule has 0 spiro atoms. The van der Waals surface area contributed by atoms with Gasteiger partial charge in [0.05, 0.1) is 12.4 Å². The quantitative estimate of drug-likeness (QED) is 0.203. The van der Waals surface area contributed by atoms with Gasteiger partial charge in [0.2, 0.25) is 0 Å². The lowest BCUT2D eigenvalue weighted by Gasteiger charge is -2.12. The van der Waals surface area contributed by atoms with Gasteiger partial charge in [0.1, 0.15) is 12.4 Å². The fourth-order valence-electron chi connectivity index (χ4n) is 3.32. The predicted molar refractivity (Wildman–Crippen MR) is 165 cm³/mol. The van der Waals surface area contributed by atoms with Crippen LogP contribution in [0.15, 0.2) is 89.6 Å². The summed E-state index contributed by atoms with van der Waals surface area (Å²) in [6.07, 6.45) is 4.66. The summed E-state index contributed by atoms with van der Waals surface area (Å²) in [5.41, 5.74) is 9.38. The van der Waals surface area contributed by atoms with Gasteiger partial charge in [-0.3, -0.25) is 9.59 Å². The highest BCUT2D eigenvalue weighted by Crippen LogP contribution is 2.16. The number of nitrogens with one attached hydrogen (secondary N) is 2. The van der Waals surface area contributed by atoms with Gasteiger partial charge in [-0.05, 0) is 77.9 Å². The Morgan fingerprint density at radius 3 is 1.50 bits per heavy atom. The van der Waals surface area contributed by atoms with Crippen LogP contribution >= 0.6 is 0 Å². The molecule has 210 valence electrons. The molecular weight excluding hydrogens is 504 g/mol. The molecule has 3 aromatic rings. The van der Waals surface area contributed by atoms with E-state index in [1.165, 1.54) is 12.4 Å². The Balaban J connectivity index is 0.00000274. The van der Waals surface area contributed by atoms with Crippen molar-refractivity contribution in [2.45, 2.75) is 13.8 Å². The van der Waals surface area contributed by atoms with E-state index < -0.39 is 0 Å². The van der Waals surface area contributed by atoms with Crippen molar-refractivity contribution < 1.29 is 14.3 Å². The Morgan fingerprint density at radius 1 is 0.750 bits per heavy atom. The number of hydrogen-bond donors (Lipinski definition) is 2. The third kappa shape index (κ3) is 9.75. The number of carbonyl (C=O) groups excluding carboxylic acids is 2. The number of anilines is 2.